The van der Waals surface area contributed by atoms with Gasteiger partial charge in [0.15, 0.2) is 0 Å². The number of carbonyl (C=O) groups is 2. The Balaban J connectivity index is 1.54. The van der Waals surface area contributed by atoms with Gasteiger partial charge in [0.05, 0.1) is 40.5 Å². The zero-order valence-corrected chi connectivity index (χ0v) is 29.5. The minimum Gasteiger partial charge on any atom is -0.411 e. The highest BCUT2D eigenvalue weighted by Gasteiger charge is 2.35. The predicted octanol–water partition coefficient (Wildman–Crippen LogP) is 4.01. The molecule has 0 radical (unpaired) electrons. The molecule has 0 aliphatic heterocycles. The average molecular weight is 699 g/mol. The molecular weight excluding hydrogens is 653 g/mol. The van der Waals surface area contributed by atoms with Crippen molar-refractivity contribution in [1.29, 1.82) is 0 Å². The molecular formula is C34H46N6O6S2. The van der Waals surface area contributed by atoms with Crippen LogP contribution in [0.1, 0.15) is 54.9 Å². The van der Waals surface area contributed by atoms with E-state index in [1.807, 2.05) is 56.5 Å². The van der Waals surface area contributed by atoms with Gasteiger partial charge in [0.1, 0.15) is 6.04 Å². The number of nitrogens with zero attached hydrogens (tertiary/aromatic N) is 4. The third kappa shape index (κ3) is 10.1. The first-order chi connectivity index (χ1) is 22.9. The predicted molar refractivity (Wildman–Crippen MR) is 185 cm³/mol. The van der Waals surface area contributed by atoms with Crippen LogP contribution >= 0.6 is 11.3 Å². The van der Waals surface area contributed by atoms with E-state index in [-0.39, 0.29) is 42.8 Å². The average Bonchev–Trinajstić information content (AvgIpc) is 3.44. The molecule has 0 bridgehead atoms. The quantitative estimate of drug-likeness (QED) is 0.0998. The van der Waals surface area contributed by atoms with Gasteiger partial charge in [-0.25, -0.2) is 18.2 Å². The number of hydrogen-bond donors (Lipinski definition) is 4. The Morgan fingerprint density at radius 2 is 1.79 bits per heavy atom. The minimum absolute atomic E-state index is 0.0484. The van der Waals surface area contributed by atoms with Crippen molar-refractivity contribution < 1.29 is 28.3 Å². The van der Waals surface area contributed by atoms with E-state index >= 15 is 0 Å². The Bertz CT molecular complexity index is 1630. The molecule has 3 aromatic rings. The number of benzene rings is 2. The highest BCUT2D eigenvalue weighted by atomic mass is 32.2. The van der Waals surface area contributed by atoms with Crippen LogP contribution in [0.15, 0.2) is 70.0 Å². The first-order valence-electron chi connectivity index (χ1n) is 16.1. The SMILES string of the molecule is Cc1nc(CN(C)C(=O)NC(C(=O)N[C@@H](Cc2ccccc2)[C@H](O)CN(CC2CCC2)S(=O)(=O)c2ccc(/C=N/O)cc2)C(C)C)cs1. The lowest BCUT2D eigenvalue weighted by Crippen LogP contribution is -2.58. The molecule has 1 unspecified atom stereocenters. The Morgan fingerprint density at radius 3 is 2.35 bits per heavy atom. The van der Waals surface area contributed by atoms with Crippen LogP contribution in [0.4, 0.5) is 4.79 Å². The van der Waals surface area contributed by atoms with Crippen molar-refractivity contribution >= 4 is 39.5 Å². The first kappa shape index (κ1) is 37.0. The van der Waals surface area contributed by atoms with Crippen LogP contribution in [0.5, 0.6) is 0 Å². The van der Waals surface area contributed by atoms with E-state index in [1.54, 1.807) is 19.2 Å². The summed E-state index contributed by atoms with van der Waals surface area (Å²) in [5.74, 6) is -0.598. The van der Waals surface area contributed by atoms with E-state index in [0.717, 1.165) is 35.5 Å². The Hall–Kier alpha value is -3.85. The second-order valence-electron chi connectivity index (χ2n) is 12.7. The number of aliphatic hydroxyl groups is 1. The molecule has 4 N–H and O–H groups in total. The molecule has 260 valence electrons. The smallest absolute Gasteiger partial charge is 0.318 e. The normalized spacial score (nSPS) is 15.6. The monoisotopic (exact) mass is 698 g/mol. The first-order valence-corrected chi connectivity index (χ1v) is 18.4. The molecule has 4 rings (SSSR count). The number of thiazole rings is 1. The van der Waals surface area contributed by atoms with E-state index in [2.05, 4.69) is 20.8 Å². The fraction of sp³-hybridized carbons (Fsp3) is 0.471. The Labute approximate surface area is 286 Å². The molecule has 3 amide bonds. The number of oxime groups is 1. The number of aryl methyl sites for hydroxylation is 1. The highest BCUT2D eigenvalue weighted by molar-refractivity contribution is 7.89. The van der Waals surface area contributed by atoms with E-state index in [1.165, 1.54) is 38.9 Å². The van der Waals surface area contributed by atoms with Crippen LogP contribution in [0.3, 0.4) is 0 Å². The molecule has 1 aromatic heterocycles. The van der Waals surface area contributed by atoms with Crippen LogP contribution < -0.4 is 10.6 Å². The lowest BCUT2D eigenvalue weighted by molar-refractivity contribution is -0.125. The number of aromatic nitrogens is 1. The summed E-state index contributed by atoms with van der Waals surface area (Å²) >= 11 is 1.49. The van der Waals surface area contributed by atoms with Gasteiger partial charge in [-0.05, 0) is 61.3 Å². The van der Waals surface area contributed by atoms with E-state index < -0.39 is 40.1 Å². The molecule has 14 heteroatoms. The largest absolute Gasteiger partial charge is 0.411 e. The van der Waals surface area contributed by atoms with Crippen LogP contribution in [-0.4, -0.2) is 89.4 Å². The summed E-state index contributed by atoms with van der Waals surface area (Å²) in [6.07, 6.45) is 2.97. The maximum Gasteiger partial charge on any atom is 0.318 e. The van der Waals surface area contributed by atoms with Gasteiger partial charge in [0, 0.05) is 25.5 Å². The summed E-state index contributed by atoms with van der Waals surface area (Å²) in [4.78, 5) is 32.9. The molecule has 1 fully saturated rings. The lowest BCUT2D eigenvalue weighted by atomic mass is 9.85. The summed E-state index contributed by atoms with van der Waals surface area (Å²) in [5, 5.41) is 32.1. The van der Waals surface area contributed by atoms with Crippen molar-refractivity contribution in [2.24, 2.45) is 17.0 Å². The molecule has 1 aliphatic rings. The zero-order chi connectivity index (χ0) is 34.8. The van der Waals surface area contributed by atoms with Crippen LogP contribution in [-0.2, 0) is 27.8 Å². The maximum atomic E-state index is 13.9. The zero-order valence-electron chi connectivity index (χ0n) is 27.8. The molecule has 48 heavy (non-hydrogen) atoms. The number of rotatable bonds is 16. The van der Waals surface area contributed by atoms with Gasteiger partial charge in [-0.2, -0.15) is 4.31 Å². The van der Waals surface area contributed by atoms with Gasteiger partial charge in [0.25, 0.3) is 0 Å². The molecule has 12 nitrogen and oxygen atoms in total. The summed E-state index contributed by atoms with van der Waals surface area (Å²) in [5.41, 5.74) is 2.13. The van der Waals surface area contributed by atoms with Gasteiger partial charge in [-0.3, -0.25) is 4.79 Å². The van der Waals surface area contributed by atoms with Crippen LogP contribution in [0.25, 0.3) is 0 Å². The fourth-order valence-corrected chi connectivity index (χ4v) is 7.65. The van der Waals surface area contributed by atoms with Gasteiger partial charge in [0.2, 0.25) is 15.9 Å². The second kappa shape index (κ2) is 17.0. The topological polar surface area (TPSA) is 165 Å². The van der Waals surface area contributed by atoms with Crippen LogP contribution in [0, 0.1) is 18.8 Å². The number of amides is 3. The standard InChI is InChI=1S/C34H46N6O6S2/c1-23(2)32(38-34(43)39(4)20-28-22-47-24(3)36-28)33(42)37-30(17-25-9-6-5-7-10-25)31(41)21-40(19-27-11-8-12-27)48(45,46)29-15-13-26(14-16-29)18-35-44/h5-7,9-10,13-16,18,22-23,27,30-32,41,44H,8,11-12,17,19-21H2,1-4H3,(H,37,42)(H,38,43)/b35-18+/t30-,31+,32?/m0/s1. The lowest BCUT2D eigenvalue weighted by Gasteiger charge is -2.35. The van der Waals surface area contributed by atoms with Gasteiger partial charge in [-0.15, -0.1) is 11.3 Å². The van der Waals surface area contributed by atoms with Crippen molar-refractivity contribution in [2.45, 2.75) is 76.1 Å². The van der Waals surface area contributed by atoms with Crippen LogP contribution in [0.2, 0.25) is 0 Å². The molecule has 1 heterocycles. The van der Waals surface area contributed by atoms with Crippen molar-refractivity contribution in [3.05, 3.63) is 81.8 Å². The van der Waals surface area contributed by atoms with Gasteiger partial charge >= 0.3 is 6.03 Å². The fourth-order valence-electron chi connectivity index (χ4n) is 5.51. The third-order valence-corrected chi connectivity index (χ3v) is 11.2. The Morgan fingerprint density at radius 1 is 1.10 bits per heavy atom. The van der Waals surface area contributed by atoms with Crippen molar-refractivity contribution in [1.82, 2.24) is 24.8 Å². The molecule has 0 saturated heterocycles. The third-order valence-electron chi connectivity index (χ3n) is 8.53. The number of aliphatic hydroxyl groups excluding tert-OH is 1. The number of urea groups is 1. The molecule has 1 saturated carbocycles. The molecule has 0 spiro atoms. The summed E-state index contributed by atoms with van der Waals surface area (Å²) in [7, 11) is -2.40. The number of hydrogen-bond acceptors (Lipinski definition) is 9. The van der Waals surface area contributed by atoms with E-state index in [4.69, 9.17) is 5.21 Å². The van der Waals surface area contributed by atoms with E-state index in [0.29, 0.717) is 5.56 Å². The number of nitrogens with one attached hydrogen (secondary N) is 2. The van der Waals surface area contributed by atoms with Crippen molar-refractivity contribution in [3.63, 3.8) is 0 Å². The summed E-state index contributed by atoms with van der Waals surface area (Å²) < 4.78 is 29.1. The van der Waals surface area contributed by atoms with E-state index in [9.17, 15) is 23.1 Å². The maximum absolute atomic E-state index is 13.9. The highest BCUT2D eigenvalue weighted by Crippen LogP contribution is 2.30. The summed E-state index contributed by atoms with van der Waals surface area (Å²) in [6.45, 7) is 5.80. The summed E-state index contributed by atoms with van der Waals surface area (Å²) in [6, 6.07) is 13.1. The van der Waals surface area contributed by atoms with Crippen molar-refractivity contribution in [2.75, 3.05) is 20.1 Å². The minimum atomic E-state index is -4.03. The molecule has 3 atom stereocenters. The number of carbonyl (C=O) groups excluding carboxylic acids is 2. The van der Waals surface area contributed by atoms with Crippen molar-refractivity contribution in [3.8, 4) is 0 Å². The Kier molecular flexibility index (Phi) is 13.1. The van der Waals surface area contributed by atoms with Gasteiger partial charge < -0.3 is 25.8 Å². The number of sulfonamides is 1. The molecule has 2 aromatic carbocycles. The second-order valence-corrected chi connectivity index (χ2v) is 15.7. The molecule has 1 aliphatic carbocycles. The van der Waals surface area contributed by atoms with Gasteiger partial charge in [-0.1, -0.05) is 67.9 Å².